The molecule has 24 heavy (non-hydrogen) atoms. The summed E-state index contributed by atoms with van der Waals surface area (Å²) in [6.07, 6.45) is 3.54. The normalized spacial score (nSPS) is 12.4. The fraction of sp³-hybridized carbons (Fsp3) is 0.214. The molecule has 7 nitrogen and oxygen atoms in total. The van der Waals surface area contributed by atoms with E-state index in [0.717, 1.165) is 18.4 Å². The van der Waals surface area contributed by atoms with Crippen molar-refractivity contribution in [3.05, 3.63) is 53.4 Å². The molecule has 0 amide bonds. The van der Waals surface area contributed by atoms with Gasteiger partial charge in [0.05, 0.1) is 30.3 Å². The summed E-state index contributed by atoms with van der Waals surface area (Å²) in [6.45, 7) is -0.132. The van der Waals surface area contributed by atoms with Crippen molar-refractivity contribution in [1.29, 1.82) is 5.26 Å². The molecule has 0 saturated carbocycles. The van der Waals surface area contributed by atoms with Crippen molar-refractivity contribution in [2.24, 2.45) is 0 Å². The number of anilines is 1. The summed E-state index contributed by atoms with van der Waals surface area (Å²) < 4.78 is 51.4. The molecule has 0 spiro atoms. The summed E-state index contributed by atoms with van der Waals surface area (Å²) in [5.74, 6) is -1.96. The Bertz CT molecular complexity index is 866. The number of nitrogens with one attached hydrogen (secondary N) is 2. The van der Waals surface area contributed by atoms with Crippen LogP contribution in [0.25, 0.3) is 0 Å². The smallest absolute Gasteiger partial charge is 0.223 e. The number of hydrogen-bond donors (Lipinski definition) is 2. The Balaban J connectivity index is 2.27. The maximum atomic E-state index is 13.4. The second kappa shape index (κ2) is 7.29. The van der Waals surface area contributed by atoms with Gasteiger partial charge in [0.2, 0.25) is 16.0 Å². The van der Waals surface area contributed by atoms with Crippen LogP contribution in [0.5, 0.6) is 0 Å². The van der Waals surface area contributed by atoms with Crippen molar-refractivity contribution < 1.29 is 17.2 Å². The van der Waals surface area contributed by atoms with E-state index in [1.807, 2.05) is 6.07 Å². The van der Waals surface area contributed by atoms with Crippen LogP contribution in [0.3, 0.4) is 0 Å². The van der Waals surface area contributed by atoms with E-state index in [2.05, 4.69) is 20.0 Å². The molecule has 0 aliphatic carbocycles. The van der Waals surface area contributed by atoms with Crippen LogP contribution < -0.4 is 10.0 Å². The Morgan fingerprint density at radius 1 is 1.25 bits per heavy atom. The van der Waals surface area contributed by atoms with Gasteiger partial charge >= 0.3 is 0 Å². The Labute approximate surface area is 137 Å². The lowest BCUT2D eigenvalue weighted by atomic mass is 10.1. The average Bonchev–Trinajstić information content (AvgIpc) is 2.54. The number of sulfonamides is 1. The molecule has 1 aromatic carbocycles. The summed E-state index contributed by atoms with van der Waals surface area (Å²) in [5, 5.41) is 11.5. The van der Waals surface area contributed by atoms with Crippen LogP contribution >= 0.6 is 0 Å². The average molecular weight is 353 g/mol. The highest BCUT2D eigenvalue weighted by atomic mass is 32.2. The minimum atomic E-state index is -3.49. The van der Waals surface area contributed by atoms with Gasteiger partial charge < -0.3 is 5.32 Å². The molecule has 2 N–H and O–H groups in total. The summed E-state index contributed by atoms with van der Waals surface area (Å²) >= 11 is 0. The quantitative estimate of drug-likeness (QED) is 0.811. The van der Waals surface area contributed by atoms with Crippen LogP contribution in [0, 0.1) is 23.0 Å². The Morgan fingerprint density at radius 3 is 2.46 bits per heavy atom. The highest BCUT2D eigenvalue weighted by molar-refractivity contribution is 7.88. The minimum Gasteiger partial charge on any atom is -0.346 e. The largest absolute Gasteiger partial charge is 0.346 e. The molecule has 1 heterocycles. The van der Waals surface area contributed by atoms with Gasteiger partial charge in [-0.2, -0.15) is 5.26 Å². The van der Waals surface area contributed by atoms with Crippen LogP contribution in [0.4, 0.5) is 14.7 Å². The van der Waals surface area contributed by atoms with Crippen molar-refractivity contribution in [1.82, 2.24) is 14.7 Å². The van der Waals surface area contributed by atoms with Crippen LogP contribution in [0.15, 0.2) is 30.6 Å². The molecule has 1 atom stereocenters. The molecule has 0 saturated heterocycles. The third-order valence-corrected chi connectivity index (χ3v) is 3.67. The highest BCUT2D eigenvalue weighted by Gasteiger charge is 2.17. The summed E-state index contributed by atoms with van der Waals surface area (Å²) in [4.78, 5) is 7.82. The topological polar surface area (TPSA) is 108 Å². The first kappa shape index (κ1) is 17.7. The van der Waals surface area contributed by atoms with Crippen molar-refractivity contribution in [2.45, 2.75) is 6.04 Å². The third kappa shape index (κ3) is 4.94. The van der Waals surface area contributed by atoms with E-state index < -0.39 is 27.7 Å². The fourth-order valence-corrected chi connectivity index (χ4v) is 2.30. The molecule has 0 radical (unpaired) electrons. The van der Waals surface area contributed by atoms with Gasteiger partial charge in [0.25, 0.3) is 0 Å². The third-order valence-electron chi connectivity index (χ3n) is 2.98. The van der Waals surface area contributed by atoms with Gasteiger partial charge in [-0.15, -0.1) is 0 Å². The molecule has 0 fully saturated rings. The van der Waals surface area contributed by atoms with E-state index in [1.165, 1.54) is 18.5 Å². The van der Waals surface area contributed by atoms with E-state index in [-0.39, 0.29) is 18.1 Å². The van der Waals surface area contributed by atoms with Crippen molar-refractivity contribution >= 4 is 16.0 Å². The van der Waals surface area contributed by atoms with Crippen molar-refractivity contribution in [2.75, 3.05) is 18.1 Å². The highest BCUT2D eigenvalue weighted by Crippen LogP contribution is 2.19. The maximum Gasteiger partial charge on any atom is 0.223 e. The predicted molar refractivity (Wildman–Crippen MR) is 82.3 cm³/mol. The summed E-state index contributed by atoms with van der Waals surface area (Å²) in [5.41, 5.74) is 0.553. The molecule has 2 aromatic rings. The standard InChI is InChI=1S/C14H13F2N5O2S/c1-24(22,23)20-8-13(10-2-3-11(15)12(16)4-10)21-14-18-6-9(5-17)7-19-14/h2-4,6-7,13,20H,8H2,1H3,(H,18,19,21). The first-order valence-corrected chi connectivity index (χ1v) is 8.56. The number of rotatable bonds is 6. The Kier molecular flexibility index (Phi) is 5.38. The zero-order valence-electron chi connectivity index (χ0n) is 12.5. The summed E-state index contributed by atoms with van der Waals surface area (Å²) in [7, 11) is -3.49. The van der Waals surface area contributed by atoms with Gasteiger partial charge in [0.15, 0.2) is 11.6 Å². The first-order chi connectivity index (χ1) is 11.3. The molecule has 0 aliphatic heterocycles. The van der Waals surface area contributed by atoms with Crippen molar-refractivity contribution in [3.8, 4) is 6.07 Å². The second-order valence-electron chi connectivity index (χ2n) is 4.90. The molecule has 1 unspecified atom stereocenters. The Hall–Kier alpha value is -2.64. The van der Waals surface area contributed by atoms with Crippen LogP contribution in [0.1, 0.15) is 17.2 Å². The van der Waals surface area contributed by atoms with Crippen LogP contribution in [-0.4, -0.2) is 31.2 Å². The van der Waals surface area contributed by atoms with Crippen molar-refractivity contribution in [3.63, 3.8) is 0 Å². The van der Waals surface area contributed by atoms with Gasteiger partial charge in [-0.1, -0.05) is 6.07 Å². The van der Waals surface area contributed by atoms with E-state index in [4.69, 9.17) is 5.26 Å². The number of halogens is 2. The molecule has 126 valence electrons. The van der Waals surface area contributed by atoms with Gasteiger partial charge in [0, 0.05) is 6.54 Å². The molecule has 2 rings (SSSR count). The minimum absolute atomic E-state index is 0.110. The lowest BCUT2D eigenvalue weighted by Crippen LogP contribution is -2.31. The number of nitriles is 1. The lowest BCUT2D eigenvalue weighted by Gasteiger charge is -2.19. The lowest BCUT2D eigenvalue weighted by molar-refractivity contribution is 0.505. The molecular formula is C14H13F2N5O2S. The molecule has 1 aromatic heterocycles. The molecular weight excluding hydrogens is 340 g/mol. The number of nitrogens with zero attached hydrogens (tertiary/aromatic N) is 3. The first-order valence-electron chi connectivity index (χ1n) is 6.67. The number of benzene rings is 1. The molecule has 0 aliphatic rings. The van der Waals surface area contributed by atoms with Crippen LogP contribution in [0.2, 0.25) is 0 Å². The second-order valence-corrected chi connectivity index (χ2v) is 6.73. The fourth-order valence-electron chi connectivity index (χ4n) is 1.83. The van der Waals surface area contributed by atoms with Crippen LogP contribution in [-0.2, 0) is 10.0 Å². The Morgan fingerprint density at radius 2 is 1.92 bits per heavy atom. The number of hydrogen-bond acceptors (Lipinski definition) is 6. The molecule has 0 bridgehead atoms. The SMILES string of the molecule is CS(=O)(=O)NCC(Nc1ncc(C#N)cn1)c1ccc(F)c(F)c1. The van der Waals surface area contributed by atoms with Gasteiger partial charge in [-0.3, -0.25) is 0 Å². The van der Waals surface area contributed by atoms with E-state index in [9.17, 15) is 17.2 Å². The monoisotopic (exact) mass is 353 g/mol. The number of aromatic nitrogens is 2. The van der Waals surface area contributed by atoms with E-state index >= 15 is 0 Å². The van der Waals surface area contributed by atoms with Gasteiger partial charge in [-0.25, -0.2) is 31.9 Å². The summed E-state index contributed by atoms with van der Waals surface area (Å²) in [6, 6.07) is 4.34. The van der Waals surface area contributed by atoms with Gasteiger partial charge in [0.1, 0.15) is 6.07 Å². The predicted octanol–water partition coefficient (Wildman–Crippen LogP) is 1.33. The maximum absolute atomic E-state index is 13.4. The van der Waals surface area contributed by atoms with E-state index in [0.29, 0.717) is 5.56 Å². The van der Waals surface area contributed by atoms with E-state index in [1.54, 1.807) is 0 Å². The molecule has 10 heteroatoms. The van der Waals surface area contributed by atoms with Gasteiger partial charge in [-0.05, 0) is 17.7 Å². The zero-order valence-corrected chi connectivity index (χ0v) is 13.3. The zero-order chi connectivity index (χ0) is 17.7.